The summed E-state index contributed by atoms with van der Waals surface area (Å²) in [5, 5.41) is 13.0. The van der Waals surface area contributed by atoms with Crippen molar-refractivity contribution in [1.29, 1.82) is 0 Å². The second-order valence-electron chi connectivity index (χ2n) is 5.50. The van der Waals surface area contributed by atoms with Crippen molar-refractivity contribution < 1.29 is 14.1 Å². The van der Waals surface area contributed by atoms with Gasteiger partial charge in [-0.3, -0.25) is 14.3 Å². The van der Waals surface area contributed by atoms with Crippen LogP contribution < -0.4 is 10.6 Å². The molecule has 3 rings (SSSR count). The van der Waals surface area contributed by atoms with Crippen LogP contribution in [0.15, 0.2) is 47.2 Å². The predicted molar refractivity (Wildman–Crippen MR) is 90.4 cm³/mol. The summed E-state index contributed by atoms with van der Waals surface area (Å²) < 4.78 is 6.91. The first-order valence-corrected chi connectivity index (χ1v) is 7.63. The second kappa shape index (κ2) is 7.00. The third kappa shape index (κ3) is 3.74. The molecule has 0 aliphatic heterocycles. The van der Waals surface area contributed by atoms with Crippen molar-refractivity contribution in [1.82, 2.24) is 20.3 Å². The Morgan fingerprint density at radius 3 is 2.64 bits per heavy atom. The lowest BCUT2D eigenvalue weighted by Gasteiger charge is -2.06. The van der Waals surface area contributed by atoms with Gasteiger partial charge in [0.05, 0.1) is 6.20 Å². The maximum atomic E-state index is 12.2. The molecule has 0 aliphatic carbocycles. The maximum absolute atomic E-state index is 12.2. The first-order chi connectivity index (χ1) is 12.0. The van der Waals surface area contributed by atoms with E-state index in [4.69, 9.17) is 4.52 Å². The molecule has 25 heavy (non-hydrogen) atoms. The fraction of sp³-hybridized carbons (Fsp3) is 0.176. The Bertz CT molecular complexity index is 898. The van der Waals surface area contributed by atoms with E-state index in [1.807, 2.05) is 30.3 Å². The number of hydrogen-bond donors (Lipinski definition) is 2. The first-order valence-electron chi connectivity index (χ1n) is 7.63. The number of carbonyl (C=O) groups is 2. The van der Waals surface area contributed by atoms with Crippen LogP contribution in [0.2, 0.25) is 0 Å². The van der Waals surface area contributed by atoms with E-state index in [2.05, 4.69) is 20.9 Å². The van der Waals surface area contributed by atoms with Crippen LogP contribution in [0.1, 0.15) is 11.3 Å². The average molecular weight is 339 g/mol. The highest BCUT2D eigenvalue weighted by atomic mass is 16.5. The summed E-state index contributed by atoms with van der Waals surface area (Å²) in [5.41, 5.74) is 2.43. The Balaban J connectivity index is 1.68. The highest BCUT2D eigenvalue weighted by molar-refractivity contribution is 6.39. The maximum Gasteiger partial charge on any atom is 0.313 e. The third-order valence-electron chi connectivity index (χ3n) is 3.55. The lowest BCUT2D eigenvalue weighted by atomic mass is 10.1. The van der Waals surface area contributed by atoms with Gasteiger partial charge in [0.15, 0.2) is 5.76 Å². The van der Waals surface area contributed by atoms with Crippen LogP contribution in [0.3, 0.4) is 0 Å². The van der Waals surface area contributed by atoms with Crippen molar-refractivity contribution in [2.24, 2.45) is 7.05 Å². The fourth-order valence-electron chi connectivity index (χ4n) is 2.30. The molecule has 8 nitrogen and oxygen atoms in total. The highest BCUT2D eigenvalue weighted by Crippen LogP contribution is 2.30. The molecular formula is C17H17N5O3. The first kappa shape index (κ1) is 16.4. The fourth-order valence-corrected chi connectivity index (χ4v) is 2.30. The molecule has 0 spiro atoms. The van der Waals surface area contributed by atoms with Gasteiger partial charge in [-0.1, -0.05) is 35.5 Å². The van der Waals surface area contributed by atoms with Gasteiger partial charge in [0.25, 0.3) is 0 Å². The Labute approximate surface area is 143 Å². The van der Waals surface area contributed by atoms with E-state index in [0.717, 1.165) is 11.1 Å². The molecule has 0 bridgehead atoms. The van der Waals surface area contributed by atoms with Crippen LogP contribution in [0.4, 0.5) is 5.69 Å². The number of amides is 2. The van der Waals surface area contributed by atoms with Crippen molar-refractivity contribution in [2.75, 3.05) is 5.32 Å². The Morgan fingerprint density at radius 2 is 1.96 bits per heavy atom. The lowest BCUT2D eigenvalue weighted by molar-refractivity contribution is -0.136. The summed E-state index contributed by atoms with van der Waals surface area (Å²) in [6, 6.07) is 9.23. The molecule has 128 valence electrons. The van der Waals surface area contributed by atoms with Crippen molar-refractivity contribution in [3.05, 3.63) is 54.0 Å². The van der Waals surface area contributed by atoms with Crippen LogP contribution >= 0.6 is 0 Å². The van der Waals surface area contributed by atoms with Crippen LogP contribution in [-0.2, 0) is 23.2 Å². The Morgan fingerprint density at radius 1 is 1.20 bits per heavy atom. The molecule has 0 radical (unpaired) electrons. The second-order valence-corrected chi connectivity index (χ2v) is 5.50. The zero-order valence-corrected chi connectivity index (χ0v) is 13.8. The van der Waals surface area contributed by atoms with Gasteiger partial charge < -0.3 is 15.2 Å². The minimum absolute atomic E-state index is 0.217. The van der Waals surface area contributed by atoms with Crippen LogP contribution in [0, 0.1) is 6.92 Å². The van der Waals surface area contributed by atoms with Crippen molar-refractivity contribution in [3.63, 3.8) is 0 Å². The summed E-state index contributed by atoms with van der Waals surface area (Å²) in [7, 11) is 1.78. The molecule has 3 aromatic rings. The summed E-state index contributed by atoms with van der Waals surface area (Å²) in [5.74, 6) is -1.12. The van der Waals surface area contributed by atoms with Crippen LogP contribution in [-0.4, -0.2) is 26.8 Å². The number of nitrogens with zero attached hydrogens (tertiary/aromatic N) is 3. The number of anilines is 1. The molecule has 2 N–H and O–H groups in total. The summed E-state index contributed by atoms with van der Waals surface area (Å²) >= 11 is 0. The monoisotopic (exact) mass is 339 g/mol. The molecule has 0 atom stereocenters. The van der Waals surface area contributed by atoms with Crippen molar-refractivity contribution in [2.45, 2.75) is 13.5 Å². The molecule has 0 unspecified atom stereocenters. The smallest absolute Gasteiger partial charge is 0.313 e. The minimum Gasteiger partial charge on any atom is -0.354 e. The molecular weight excluding hydrogens is 322 g/mol. The van der Waals surface area contributed by atoms with E-state index in [9.17, 15) is 9.59 Å². The minimum atomic E-state index is -0.785. The van der Waals surface area contributed by atoms with E-state index in [1.54, 1.807) is 31.0 Å². The number of hydrogen-bond acceptors (Lipinski definition) is 5. The van der Waals surface area contributed by atoms with Crippen LogP contribution in [0.25, 0.3) is 11.3 Å². The van der Waals surface area contributed by atoms with Gasteiger partial charge in [-0.2, -0.15) is 5.10 Å². The normalized spacial score (nSPS) is 10.5. The van der Waals surface area contributed by atoms with Crippen LogP contribution in [0.5, 0.6) is 0 Å². The van der Waals surface area contributed by atoms with Gasteiger partial charge >= 0.3 is 11.8 Å². The van der Waals surface area contributed by atoms with E-state index < -0.39 is 11.8 Å². The zero-order chi connectivity index (χ0) is 17.8. The number of aryl methyl sites for hydroxylation is 2. The number of nitrogens with one attached hydrogen (secondary N) is 2. The van der Waals surface area contributed by atoms with Gasteiger partial charge in [0, 0.05) is 30.9 Å². The predicted octanol–water partition coefficient (Wildman–Crippen LogP) is 1.64. The van der Waals surface area contributed by atoms with Gasteiger partial charge in [-0.05, 0) is 6.92 Å². The zero-order valence-electron chi connectivity index (χ0n) is 13.8. The summed E-state index contributed by atoms with van der Waals surface area (Å²) in [6.45, 7) is 1.91. The SMILES string of the molecule is Cc1noc(-c2ccccc2)c1NC(=O)C(=O)NCc1cnn(C)c1. The standard InChI is InChI=1S/C17H17N5O3/c1-11-14(15(25-21-11)13-6-4-3-5-7-13)20-17(24)16(23)18-8-12-9-19-22(2)10-12/h3-7,9-10H,8H2,1-2H3,(H,18,23)(H,20,24). The van der Waals surface area contributed by atoms with Gasteiger partial charge in [0.1, 0.15) is 11.4 Å². The van der Waals surface area contributed by atoms with Gasteiger partial charge in [-0.15, -0.1) is 0 Å². The Hall–Kier alpha value is -3.42. The quantitative estimate of drug-likeness (QED) is 0.704. The van der Waals surface area contributed by atoms with E-state index in [1.165, 1.54) is 0 Å². The molecule has 2 aromatic heterocycles. The molecule has 8 heteroatoms. The lowest BCUT2D eigenvalue weighted by Crippen LogP contribution is -2.35. The number of rotatable bonds is 4. The summed E-state index contributed by atoms with van der Waals surface area (Å²) in [4.78, 5) is 24.2. The summed E-state index contributed by atoms with van der Waals surface area (Å²) in [6.07, 6.45) is 3.38. The number of aromatic nitrogens is 3. The van der Waals surface area contributed by atoms with E-state index in [0.29, 0.717) is 17.1 Å². The molecule has 1 aromatic carbocycles. The van der Waals surface area contributed by atoms with Gasteiger partial charge in [-0.25, -0.2) is 0 Å². The van der Waals surface area contributed by atoms with Gasteiger partial charge in [0.2, 0.25) is 0 Å². The van der Waals surface area contributed by atoms with E-state index >= 15 is 0 Å². The molecule has 0 saturated heterocycles. The topological polar surface area (TPSA) is 102 Å². The molecule has 0 saturated carbocycles. The average Bonchev–Trinajstić information content (AvgIpc) is 3.19. The van der Waals surface area contributed by atoms with Crippen molar-refractivity contribution >= 4 is 17.5 Å². The molecule has 2 amide bonds. The largest absolute Gasteiger partial charge is 0.354 e. The molecule has 0 aliphatic rings. The number of carbonyl (C=O) groups excluding carboxylic acids is 2. The van der Waals surface area contributed by atoms with Crippen molar-refractivity contribution in [3.8, 4) is 11.3 Å². The highest BCUT2D eigenvalue weighted by Gasteiger charge is 2.21. The molecule has 0 fully saturated rings. The number of benzene rings is 1. The molecule has 2 heterocycles. The Kier molecular flexibility index (Phi) is 4.60. The third-order valence-corrected chi connectivity index (χ3v) is 3.55. The van der Waals surface area contributed by atoms with E-state index in [-0.39, 0.29) is 6.54 Å².